The number of alkyl carbamates (subject to hydrolysis) is 1. The van der Waals surface area contributed by atoms with E-state index in [0.29, 0.717) is 17.9 Å². The molecule has 0 aromatic heterocycles. The van der Waals surface area contributed by atoms with Crippen molar-refractivity contribution in [2.45, 2.75) is 25.9 Å². The molecule has 1 heterocycles. The molecule has 0 atom stereocenters. The standard InChI is InChI=1S/C14H17NO6/c1-14(2,21-13(18)15-7-12(16)17)6-9-3-4-10-11(5-9)20-8-19-10/h3-5H,6-8H2,1-2H3,(H,15,18)(H,16,17). The van der Waals surface area contributed by atoms with E-state index in [0.717, 1.165) is 5.56 Å². The van der Waals surface area contributed by atoms with E-state index in [1.54, 1.807) is 19.9 Å². The smallest absolute Gasteiger partial charge is 0.408 e. The zero-order chi connectivity index (χ0) is 15.5. The zero-order valence-electron chi connectivity index (χ0n) is 11.8. The minimum atomic E-state index is -1.12. The number of amides is 1. The third kappa shape index (κ3) is 4.27. The van der Waals surface area contributed by atoms with E-state index >= 15 is 0 Å². The van der Waals surface area contributed by atoms with Crippen LogP contribution in [0.25, 0.3) is 0 Å². The summed E-state index contributed by atoms with van der Waals surface area (Å²) < 4.78 is 15.7. The number of hydrogen-bond donors (Lipinski definition) is 2. The fourth-order valence-electron chi connectivity index (χ4n) is 2.01. The fraction of sp³-hybridized carbons (Fsp3) is 0.429. The molecular formula is C14H17NO6. The Balaban J connectivity index is 1.94. The van der Waals surface area contributed by atoms with Gasteiger partial charge in [0.15, 0.2) is 11.5 Å². The maximum Gasteiger partial charge on any atom is 0.408 e. The van der Waals surface area contributed by atoms with Gasteiger partial charge in [0, 0.05) is 6.42 Å². The maximum atomic E-state index is 11.5. The summed E-state index contributed by atoms with van der Waals surface area (Å²) in [5.41, 5.74) is 0.145. The van der Waals surface area contributed by atoms with Gasteiger partial charge in [0.2, 0.25) is 6.79 Å². The molecule has 7 nitrogen and oxygen atoms in total. The van der Waals surface area contributed by atoms with Crippen molar-refractivity contribution >= 4 is 12.1 Å². The van der Waals surface area contributed by atoms with Gasteiger partial charge in [-0.25, -0.2) is 4.79 Å². The van der Waals surface area contributed by atoms with Crippen LogP contribution in [0.5, 0.6) is 11.5 Å². The summed E-state index contributed by atoms with van der Waals surface area (Å²) in [5, 5.41) is 10.6. The highest BCUT2D eigenvalue weighted by Gasteiger charge is 2.25. The van der Waals surface area contributed by atoms with Crippen LogP contribution in [0.4, 0.5) is 4.79 Å². The first kappa shape index (κ1) is 15.0. The Bertz CT molecular complexity index is 554. The molecule has 0 aliphatic carbocycles. The first-order valence-corrected chi connectivity index (χ1v) is 6.43. The summed E-state index contributed by atoms with van der Waals surface area (Å²) in [7, 11) is 0. The van der Waals surface area contributed by atoms with Crippen molar-refractivity contribution in [2.75, 3.05) is 13.3 Å². The van der Waals surface area contributed by atoms with E-state index < -0.39 is 24.2 Å². The molecular weight excluding hydrogens is 278 g/mol. The van der Waals surface area contributed by atoms with Crippen molar-refractivity contribution in [3.8, 4) is 11.5 Å². The number of hydrogen-bond acceptors (Lipinski definition) is 5. The van der Waals surface area contributed by atoms with Crippen molar-refractivity contribution in [1.82, 2.24) is 5.32 Å². The third-order valence-electron chi connectivity index (χ3n) is 2.82. The number of rotatable bonds is 5. The van der Waals surface area contributed by atoms with E-state index in [-0.39, 0.29) is 6.79 Å². The van der Waals surface area contributed by atoms with Crippen LogP contribution >= 0.6 is 0 Å². The molecule has 21 heavy (non-hydrogen) atoms. The van der Waals surface area contributed by atoms with Crippen LogP contribution in [0, 0.1) is 0 Å². The molecule has 0 spiro atoms. The van der Waals surface area contributed by atoms with Crippen LogP contribution < -0.4 is 14.8 Å². The van der Waals surface area contributed by atoms with Gasteiger partial charge in [-0.15, -0.1) is 0 Å². The number of benzene rings is 1. The summed E-state index contributed by atoms with van der Waals surface area (Å²) in [4.78, 5) is 21.9. The molecule has 2 rings (SSSR count). The molecule has 0 fully saturated rings. The third-order valence-corrected chi connectivity index (χ3v) is 2.82. The second-order valence-electron chi connectivity index (χ2n) is 5.26. The highest BCUT2D eigenvalue weighted by Crippen LogP contribution is 2.33. The van der Waals surface area contributed by atoms with Gasteiger partial charge in [0.25, 0.3) is 0 Å². The van der Waals surface area contributed by atoms with Gasteiger partial charge in [-0.3, -0.25) is 4.79 Å². The number of aliphatic carboxylic acids is 1. The topological polar surface area (TPSA) is 94.1 Å². The number of carboxylic acid groups (broad SMARTS) is 1. The number of carbonyl (C=O) groups is 2. The van der Waals surface area contributed by atoms with Crippen LogP contribution in [0.1, 0.15) is 19.4 Å². The summed E-state index contributed by atoms with van der Waals surface area (Å²) in [5.74, 6) is 0.232. The normalized spacial score (nSPS) is 12.9. The van der Waals surface area contributed by atoms with Crippen molar-refractivity contribution in [3.63, 3.8) is 0 Å². The average molecular weight is 295 g/mol. The van der Waals surface area contributed by atoms with Gasteiger partial charge in [-0.05, 0) is 31.5 Å². The Morgan fingerprint density at radius 3 is 2.76 bits per heavy atom. The van der Waals surface area contributed by atoms with Gasteiger partial charge in [-0.2, -0.15) is 0 Å². The molecule has 1 aromatic rings. The lowest BCUT2D eigenvalue weighted by molar-refractivity contribution is -0.136. The van der Waals surface area contributed by atoms with Crippen molar-refractivity contribution in [1.29, 1.82) is 0 Å². The molecule has 0 saturated heterocycles. The van der Waals surface area contributed by atoms with Crippen LogP contribution in [0.15, 0.2) is 18.2 Å². The molecule has 1 aliphatic heterocycles. The zero-order valence-corrected chi connectivity index (χ0v) is 11.8. The van der Waals surface area contributed by atoms with Crippen molar-refractivity contribution < 1.29 is 28.9 Å². The van der Waals surface area contributed by atoms with Crippen LogP contribution in [-0.4, -0.2) is 36.1 Å². The molecule has 1 aromatic carbocycles. The van der Waals surface area contributed by atoms with Crippen LogP contribution in [0.2, 0.25) is 0 Å². The summed E-state index contributed by atoms with van der Waals surface area (Å²) in [6, 6.07) is 5.51. The molecule has 1 aliphatic rings. The lowest BCUT2D eigenvalue weighted by Crippen LogP contribution is -2.38. The molecule has 1 amide bonds. The number of nitrogens with one attached hydrogen (secondary N) is 1. The summed E-state index contributed by atoms with van der Waals surface area (Å²) >= 11 is 0. The molecule has 7 heteroatoms. The lowest BCUT2D eigenvalue weighted by Gasteiger charge is -2.25. The first-order chi connectivity index (χ1) is 9.85. The number of carboxylic acids is 1. The Hall–Kier alpha value is -2.44. The Kier molecular flexibility index (Phi) is 4.21. The number of carbonyl (C=O) groups excluding carboxylic acids is 1. The predicted octanol–water partition coefficient (Wildman–Crippen LogP) is 1.55. The highest BCUT2D eigenvalue weighted by molar-refractivity contribution is 5.76. The Morgan fingerprint density at radius 2 is 2.05 bits per heavy atom. The van der Waals surface area contributed by atoms with Gasteiger partial charge in [-0.1, -0.05) is 6.07 Å². The average Bonchev–Trinajstić information content (AvgIpc) is 2.82. The van der Waals surface area contributed by atoms with E-state index in [1.165, 1.54) is 0 Å². The highest BCUT2D eigenvalue weighted by atomic mass is 16.7. The second-order valence-corrected chi connectivity index (χ2v) is 5.26. The van der Waals surface area contributed by atoms with Gasteiger partial charge in [0.1, 0.15) is 12.1 Å². The lowest BCUT2D eigenvalue weighted by atomic mass is 9.98. The van der Waals surface area contributed by atoms with E-state index in [9.17, 15) is 9.59 Å². The molecule has 0 saturated carbocycles. The molecule has 114 valence electrons. The van der Waals surface area contributed by atoms with Crippen LogP contribution in [-0.2, 0) is 16.0 Å². The maximum absolute atomic E-state index is 11.5. The first-order valence-electron chi connectivity index (χ1n) is 6.43. The van der Waals surface area contributed by atoms with Gasteiger partial charge < -0.3 is 24.6 Å². The van der Waals surface area contributed by atoms with Gasteiger partial charge in [0.05, 0.1) is 0 Å². The van der Waals surface area contributed by atoms with E-state index in [1.807, 2.05) is 12.1 Å². The van der Waals surface area contributed by atoms with E-state index in [2.05, 4.69) is 5.32 Å². The largest absolute Gasteiger partial charge is 0.480 e. The Morgan fingerprint density at radius 1 is 1.33 bits per heavy atom. The van der Waals surface area contributed by atoms with Gasteiger partial charge >= 0.3 is 12.1 Å². The minimum absolute atomic E-state index is 0.205. The molecule has 0 radical (unpaired) electrons. The number of ether oxygens (including phenoxy) is 3. The SMILES string of the molecule is CC(C)(Cc1ccc2c(c1)OCO2)OC(=O)NCC(=O)O. The Labute approximate surface area is 121 Å². The number of fused-ring (bicyclic) bond motifs is 1. The van der Waals surface area contributed by atoms with Crippen molar-refractivity contribution in [2.24, 2.45) is 0 Å². The molecule has 2 N–H and O–H groups in total. The quantitative estimate of drug-likeness (QED) is 0.856. The predicted molar refractivity (Wildman–Crippen MR) is 72.5 cm³/mol. The summed E-state index contributed by atoms with van der Waals surface area (Å²) in [6.45, 7) is 3.23. The molecule has 0 bridgehead atoms. The minimum Gasteiger partial charge on any atom is -0.480 e. The molecule has 0 unspecified atom stereocenters. The second kappa shape index (κ2) is 5.90. The van der Waals surface area contributed by atoms with Crippen LogP contribution in [0.3, 0.4) is 0 Å². The summed E-state index contributed by atoms with van der Waals surface area (Å²) in [6.07, 6.45) is -0.299. The monoisotopic (exact) mass is 295 g/mol. The van der Waals surface area contributed by atoms with E-state index in [4.69, 9.17) is 19.3 Å². The van der Waals surface area contributed by atoms with Crippen molar-refractivity contribution in [3.05, 3.63) is 23.8 Å². The fourth-order valence-corrected chi connectivity index (χ4v) is 2.01.